The number of carbonyl (C=O) groups excluding carboxylic acids is 1. The number of aldehydes is 1. The van der Waals surface area contributed by atoms with Gasteiger partial charge in [-0.25, -0.2) is 0 Å². The first-order valence-electron chi connectivity index (χ1n) is 7.01. The van der Waals surface area contributed by atoms with Crippen molar-refractivity contribution in [2.75, 3.05) is 32.0 Å². The molecular weight excluding hydrogens is 270 g/mol. The van der Waals surface area contributed by atoms with Gasteiger partial charge in [0, 0.05) is 18.8 Å². The third-order valence-electron chi connectivity index (χ3n) is 3.32. The molecule has 0 bridgehead atoms. The number of carbonyl (C=O) groups is 1. The molecular formula is C15H25N3O3. The van der Waals surface area contributed by atoms with Crippen molar-refractivity contribution in [3.05, 3.63) is 33.4 Å². The number of hydrogen-bond donors (Lipinski definition) is 1. The molecule has 6 nitrogen and oxygen atoms in total. The molecule has 118 valence electrons. The summed E-state index contributed by atoms with van der Waals surface area (Å²) in [6.07, 6.45) is 0.938. The molecule has 0 atom stereocenters. The summed E-state index contributed by atoms with van der Waals surface area (Å²) >= 11 is 0. The smallest absolute Gasteiger partial charge is 0.274 e. The van der Waals surface area contributed by atoms with Gasteiger partial charge in [-0.2, -0.15) is 0 Å². The van der Waals surface area contributed by atoms with Crippen LogP contribution in [0.2, 0.25) is 0 Å². The van der Waals surface area contributed by atoms with E-state index in [9.17, 15) is 14.9 Å². The van der Waals surface area contributed by atoms with Crippen LogP contribution in [0.25, 0.3) is 0 Å². The van der Waals surface area contributed by atoms with Crippen molar-refractivity contribution in [1.82, 2.24) is 4.90 Å². The van der Waals surface area contributed by atoms with Gasteiger partial charge in [-0.15, -0.1) is 0 Å². The van der Waals surface area contributed by atoms with Crippen molar-refractivity contribution >= 4 is 17.7 Å². The van der Waals surface area contributed by atoms with E-state index >= 15 is 0 Å². The number of nitro groups is 1. The van der Waals surface area contributed by atoms with E-state index in [-0.39, 0.29) is 10.6 Å². The highest BCUT2D eigenvalue weighted by Gasteiger charge is 2.14. The number of nitrogens with one attached hydrogen (secondary N) is 1. The minimum absolute atomic E-state index is 0.162. The Morgan fingerprint density at radius 3 is 2.19 bits per heavy atom. The largest absolute Gasteiger partial charge is 0.387 e. The second-order valence-corrected chi connectivity index (χ2v) is 4.56. The van der Waals surface area contributed by atoms with E-state index in [4.69, 9.17) is 0 Å². The van der Waals surface area contributed by atoms with Gasteiger partial charge < -0.3 is 10.1 Å². The first-order valence-corrected chi connectivity index (χ1v) is 7.01. The summed E-state index contributed by atoms with van der Waals surface area (Å²) in [6, 6.07) is 3.28. The van der Waals surface area contributed by atoms with Crippen molar-refractivity contribution in [2.24, 2.45) is 0 Å². The van der Waals surface area contributed by atoms with Gasteiger partial charge in [0.15, 0.2) is 0 Å². The summed E-state index contributed by atoms with van der Waals surface area (Å²) in [5.74, 6) is 0. The average molecular weight is 295 g/mol. The number of benzene rings is 1. The van der Waals surface area contributed by atoms with Gasteiger partial charge in [-0.1, -0.05) is 19.9 Å². The van der Waals surface area contributed by atoms with Crippen molar-refractivity contribution in [1.29, 1.82) is 0 Å². The van der Waals surface area contributed by atoms with Crippen LogP contribution in [0.15, 0.2) is 12.1 Å². The molecule has 1 aromatic rings. The van der Waals surface area contributed by atoms with Crippen LogP contribution in [-0.2, 0) is 4.79 Å². The molecule has 0 aliphatic heterocycles. The van der Waals surface area contributed by atoms with E-state index < -0.39 is 0 Å². The third-order valence-corrected chi connectivity index (χ3v) is 3.32. The molecule has 0 radical (unpaired) electrons. The Bertz CT molecular complexity index is 471. The molecule has 0 saturated heterocycles. The molecule has 0 amide bonds. The number of aryl methyl sites for hydroxylation is 1. The molecule has 1 rings (SSSR count). The zero-order chi connectivity index (χ0) is 16.4. The lowest BCUT2D eigenvalue weighted by Crippen LogP contribution is -2.24. The zero-order valence-electron chi connectivity index (χ0n) is 13.5. The Labute approximate surface area is 126 Å². The summed E-state index contributed by atoms with van der Waals surface area (Å²) in [5, 5.41) is 13.5. The van der Waals surface area contributed by atoms with Gasteiger partial charge >= 0.3 is 0 Å². The summed E-state index contributed by atoms with van der Waals surface area (Å²) in [4.78, 5) is 22.2. The van der Waals surface area contributed by atoms with E-state index in [2.05, 4.69) is 10.2 Å². The molecule has 6 heteroatoms. The molecule has 0 fully saturated rings. The SMILES string of the molecule is CCN(CC)CC=O.CNc1c(C)ccc([N+](=O)[O-])c1C. The molecule has 0 aliphatic carbocycles. The molecule has 0 spiro atoms. The van der Waals surface area contributed by atoms with E-state index in [1.807, 2.05) is 20.8 Å². The van der Waals surface area contributed by atoms with Gasteiger partial charge in [0.1, 0.15) is 6.29 Å². The summed E-state index contributed by atoms with van der Waals surface area (Å²) in [7, 11) is 1.76. The molecule has 21 heavy (non-hydrogen) atoms. The Hall–Kier alpha value is -1.95. The average Bonchev–Trinajstić information content (AvgIpc) is 2.45. The molecule has 0 unspecified atom stereocenters. The highest BCUT2D eigenvalue weighted by Crippen LogP contribution is 2.27. The Balaban J connectivity index is 0.000000433. The van der Waals surface area contributed by atoms with Gasteiger partial charge in [-0.05, 0) is 32.5 Å². The molecule has 0 saturated carbocycles. The van der Waals surface area contributed by atoms with Crippen LogP contribution >= 0.6 is 0 Å². The molecule has 1 N–H and O–H groups in total. The van der Waals surface area contributed by atoms with Crippen molar-refractivity contribution in [2.45, 2.75) is 27.7 Å². The van der Waals surface area contributed by atoms with Crippen molar-refractivity contribution in [3.63, 3.8) is 0 Å². The van der Waals surface area contributed by atoms with Crippen molar-refractivity contribution in [3.8, 4) is 0 Å². The van der Waals surface area contributed by atoms with E-state index in [0.29, 0.717) is 12.1 Å². The Morgan fingerprint density at radius 2 is 1.86 bits per heavy atom. The number of nitro benzene ring substituents is 1. The Morgan fingerprint density at radius 1 is 1.29 bits per heavy atom. The number of nitrogens with zero attached hydrogens (tertiary/aromatic N) is 2. The maximum atomic E-state index is 10.6. The lowest BCUT2D eigenvalue weighted by atomic mass is 10.1. The summed E-state index contributed by atoms with van der Waals surface area (Å²) < 4.78 is 0. The second-order valence-electron chi connectivity index (χ2n) is 4.56. The summed E-state index contributed by atoms with van der Waals surface area (Å²) in [5.41, 5.74) is 2.71. The van der Waals surface area contributed by atoms with E-state index in [1.54, 1.807) is 20.0 Å². The molecule has 1 aromatic carbocycles. The maximum Gasteiger partial charge on any atom is 0.274 e. The van der Waals surface area contributed by atoms with Gasteiger partial charge in [0.25, 0.3) is 5.69 Å². The monoisotopic (exact) mass is 295 g/mol. The van der Waals surface area contributed by atoms with Gasteiger partial charge in [0.2, 0.25) is 0 Å². The number of rotatable bonds is 6. The van der Waals surface area contributed by atoms with Crippen LogP contribution in [0.1, 0.15) is 25.0 Å². The standard InChI is InChI=1S/C9H12N2O2.C6H13NO/c1-6-4-5-8(11(12)13)7(2)9(6)10-3;1-3-7(4-2)5-6-8/h4-5,10H,1-3H3;6H,3-5H2,1-2H3. The van der Waals surface area contributed by atoms with Crippen LogP contribution in [0.3, 0.4) is 0 Å². The fraction of sp³-hybridized carbons (Fsp3) is 0.533. The van der Waals surface area contributed by atoms with Gasteiger partial charge in [-0.3, -0.25) is 15.0 Å². The third kappa shape index (κ3) is 5.91. The highest BCUT2D eigenvalue weighted by molar-refractivity contribution is 5.63. The fourth-order valence-corrected chi connectivity index (χ4v) is 2.01. The fourth-order valence-electron chi connectivity index (χ4n) is 2.01. The number of hydrogen-bond acceptors (Lipinski definition) is 5. The first kappa shape index (κ1) is 19.1. The van der Waals surface area contributed by atoms with Crippen LogP contribution < -0.4 is 5.32 Å². The topological polar surface area (TPSA) is 75.5 Å². The van der Waals surface area contributed by atoms with Crippen LogP contribution in [0.4, 0.5) is 11.4 Å². The lowest BCUT2D eigenvalue weighted by Gasteiger charge is -2.12. The highest BCUT2D eigenvalue weighted by atomic mass is 16.6. The predicted octanol–water partition coefficient (Wildman–Crippen LogP) is 2.78. The van der Waals surface area contributed by atoms with Crippen LogP contribution in [0, 0.1) is 24.0 Å². The minimum Gasteiger partial charge on any atom is -0.387 e. The number of anilines is 1. The minimum atomic E-state index is -0.365. The van der Waals surface area contributed by atoms with Gasteiger partial charge in [0.05, 0.1) is 17.0 Å². The maximum absolute atomic E-state index is 10.6. The molecule has 0 aromatic heterocycles. The first-order chi connectivity index (χ1) is 9.92. The lowest BCUT2D eigenvalue weighted by molar-refractivity contribution is -0.385. The Kier molecular flexibility index (Phi) is 8.96. The van der Waals surface area contributed by atoms with Crippen molar-refractivity contribution < 1.29 is 9.72 Å². The predicted molar refractivity (Wildman–Crippen MR) is 86.0 cm³/mol. The van der Waals surface area contributed by atoms with E-state index in [1.165, 1.54) is 6.07 Å². The van der Waals surface area contributed by atoms with Crippen LogP contribution in [0.5, 0.6) is 0 Å². The van der Waals surface area contributed by atoms with Crippen LogP contribution in [-0.4, -0.2) is 42.8 Å². The van der Waals surface area contributed by atoms with E-state index in [0.717, 1.165) is 30.6 Å². The number of likely N-dealkylation sites (N-methyl/N-ethyl adjacent to an activating group) is 1. The molecule has 0 aliphatic rings. The quantitative estimate of drug-likeness (QED) is 0.496. The second kappa shape index (κ2) is 9.88. The molecule has 0 heterocycles. The zero-order valence-corrected chi connectivity index (χ0v) is 13.5. The summed E-state index contributed by atoms with van der Waals surface area (Å²) in [6.45, 7) is 10.3. The normalized spacial score (nSPS) is 9.81.